The Kier molecular flexibility index (Phi) is 12.6. The second kappa shape index (κ2) is 18.7. The van der Waals surface area contributed by atoms with E-state index in [-0.39, 0.29) is 30.9 Å². The van der Waals surface area contributed by atoms with Crippen LogP contribution < -0.4 is 5.19 Å². The van der Waals surface area contributed by atoms with E-state index in [1.165, 1.54) is 38.7 Å². The van der Waals surface area contributed by atoms with Gasteiger partial charge < -0.3 is 14.0 Å². The van der Waals surface area contributed by atoms with Gasteiger partial charge in [-0.05, 0) is 64.0 Å². The standard InChI is InChI=1S/C35H36N3O.C24H28NSi.Ir/c1-20(2)26-16-22(5)17-27(21(3)4)32(26)38-29-18-31(35(6,7)8)36-19-28(29)37-34(38)25-14-11-13-24-23-12-9-10-15-30(23)39-33(24)25;1-18-12-14-19(15-13-18)22-16-21(23(17-25-22)26(4,5)6)24(2,3)20-10-8-7-9-11-20;/h9-13,15-21H,1-8H3;7-14,16-17H,1-6H3;/q2*-1;/i;1D3;. The number of imidazole rings is 1. The van der Waals surface area contributed by atoms with Crippen LogP contribution in [-0.2, 0) is 30.9 Å². The quantitative estimate of drug-likeness (QED) is 0.112. The minimum Gasteiger partial charge on any atom is -0.501 e. The van der Waals surface area contributed by atoms with E-state index in [0.717, 1.165) is 61.3 Å². The molecule has 0 saturated carbocycles. The molecule has 5 nitrogen and oxygen atoms in total. The maximum Gasteiger partial charge on any atom is 0.120 e. The fourth-order valence-electron chi connectivity index (χ4n) is 8.93. The third-order valence-corrected chi connectivity index (χ3v) is 14.6. The van der Waals surface area contributed by atoms with Gasteiger partial charge in [0.2, 0.25) is 0 Å². The molecule has 9 rings (SSSR count). The summed E-state index contributed by atoms with van der Waals surface area (Å²) >= 11 is 0. The van der Waals surface area contributed by atoms with Crippen LogP contribution in [0.2, 0.25) is 19.6 Å². The van der Waals surface area contributed by atoms with E-state index in [4.69, 9.17) is 23.5 Å². The minimum absolute atomic E-state index is 0. The van der Waals surface area contributed by atoms with Crippen LogP contribution in [0.3, 0.4) is 0 Å². The zero-order valence-corrected chi connectivity index (χ0v) is 44.1. The van der Waals surface area contributed by atoms with Gasteiger partial charge in [-0.3, -0.25) is 9.97 Å². The Morgan fingerprint density at radius 1 is 0.742 bits per heavy atom. The molecule has 0 aliphatic carbocycles. The fraction of sp³-hybridized carbons (Fsp3) is 0.305. The van der Waals surface area contributed by atoms with Crippen molar-refractivity contribution in [3.8, 4) is 28.3 Å². The molecule has 0 aliphatic heterocycles. The van der Waals surface area contributed by atoms with Crippen LogP contribution in [0, 0.1) is 25.9 Å². The van der Waals surface area contributed by atoms with Crippen molar-refractivity contribution in [2.75, 3.05) is 0 Å². The van der Waals surface area contributed by atoms with Gasteiger partial charge in [0, 0.05) is 58.0 Å². The Labute approximate surface area is 411 Å². The largest absolute Gasteiger partial charge is 0.501 e. The number of para-hydroxylation sites is 1. The maximum atomic E-state index is 7.56. The van der Waals surface area contributed by atoms with Gasteiger partial charge in [0.25, 0.3) is 0 Å². The molecule has 0 amide bonds. The zero-order valence-electron chi connectivity index (χ0n) is 43.7. The summed E-state index contributed by atoms with van der Waals surface area (Å²) in [7, 11) is -1.63. The Hall–Kier alpha value is -5.46. The number of rotatable bonds is 8. The predicted octanol–water partition coefficient (Wildman–Crippen LogP) is 15.4. The molecule has 0 unspecified atom stereocenters. The van der Waals surface area contributed by atoms with Crippen LogP contribution in [0.1, 0.15) is 117 Å². The van der Waals surface area contributed by atoms with Gasteiger partial charge in [-0.2, -0.15) is 0 Å². The third kappa shape index (κ3) is 9.41. The maximum absolute atomic E-state index is 7.56. The number of hydrogen-bond donors (Lipinski definition) is 0. The van der Waals surface area contributed by atoms with Gasteiger partial charge in [-0.1, -0.05) is 172 Å². The molecule has 341 valence electrons. The molecule has 0 atom stereocenters. The van der Waals surface area contributed by atoms with Crippen molar-refractivity contribution in [3.05, 3.63) is 173 Å². The first kappa shape index (κ1) is 44.4. The molecule has 0 aliphatic rings. The summed E-state index contributed by atoms with van der Waals surface area (Å²) in [6.07, 6.45) is 3.94. The second-order valence-electron chi connectivity index (χ2n) is 20.7. The summed E-state index contributed by atoms with van der Waals surface area (Å²) in [6.45, 7) is 27.3. The van der Waals surface area contributed by atoms with Gasteiger partial charge in [-0.25, -0.2) is 0 Å². The first-order chi connectivity index (χ1) is 31.9. The molecule has 4 heterocycles. The average molecular weight is 1070 g/mol. The molecule has 7 heteroatoms. The second-order valence-corrected chi connectivity index (χ2v) is 25.8. The van der Waals surface area contributed by atoms with E-state index >= 15 is 0 Å². The van der Waals surface area contributed by atoms with Crippen molar-refractivity contribution in [2.24, 2.45) is 0 Å². The van der Waals surface area contributed by atoms with Gasteiger partial charge in [0.15, 0.2) is 0 Å². The number of benzene rings is 5. The van der Waals surface area contributed by atoms with E-state index in [1.807, 2.05) is 36.7 Å². The van der Waals surface area contributed by atoms with Gasteiger partial charge in [-0.15, -0.1) is 53.6 Å². The normalized spacial score (nSPS) is 13.1. The van der Waals surface area contributed by atoms with Gasteiger partial charge >= 0.3 is 0 Å². The summed E-state index contributed by atoms with van der Waals surface area (Å²) < 4.78 is 31.5. The van der Waals surface area contributed by atoms with Crippen molar-refractivity contribution in [1.82, 2.24) is 19.5 Å². The van der Waals surface area contributed by atoms with Crippen LogP contribution in [0.4, 0.5) is 0 Å². The molecule has 1 radical (unpaired) electrons. The molecule has 0 bridgehead atoms. The number of fused-ring (bicyclic) bond motifs is 4. The van der Waals surface area contributed by atoms with Crippen molar-refractivity contribution in [1.29, 1.82) is 0 Å². The average Bonchev–Trinajstić information content (AvgIpc) is 3.87. The molecule has 0 saturated heterocycles. The summed E-state index contributed by atoms with van der Waals surface area (Å²) in [5.41, 5.74) is 14.8. The monoisotopic (exact) mass is 1070 g/mol. The third-order valence-electron chi connectivity index (χ3n) is 12.6. The van der Waals surface area contributed by atoms with Crippen LogP contribution in [0.15, 0.2) is 126 Å². The Morgan fingerprint density at radius 3 is 2.05 bits per heavy atom. The summed E-state index contributed by atoms with van der Waals surface area (Å²) in [5.74, 6) is 1.49. The molecular weight excluding hydrogens is 1000 g/mol. The zero-order chi connectivity index (χ0) is 49.1. The van der Waals surface area contributed by atoms with Crippen molar-refractivity contribution < 1.29 is 28.6 Å². The smallest absolute Gasteiger partial charge is 0.120 e. The Bertz CT molecular complexity index is 3250. The number of pyridine rings is 2. The van der Waals surface area contributed by atoms with Crippen LogP contribution in [0.5, 0.6) is 0 Å². The Balaban J connectivity index is 0.000000210. The van der Waals surface area contributed by atoms with E-state index in [2.05, 4.69) is 172 Å². The number of furan rings is 1. The van der Waals surface area contributed by atoms with E-state index in [1.54, 1.807) is 18.2 Å². The summed E-state index contributed by atoms with van der Waals surface area (Å²) in [5, 5.41) is 3.51. The molecule has 5 aromatic carbocycles. The van der Waals surface area contributed by atoms with Crippen LogP contribution in [0.25, 0.3) is 61.3 Å². The number of nitrogens with zero attached hydrogens (tertiary/aromatic N) is 4. The summed E-state index contributed by atoms with van der Waals surface area (Å²) in [4.78, 5) is 14.8. The number of aryl methyl sites for hydroxylation is 2. The topological polar surface area (TPSA) is 56.7 Å². The molecule has 66 heavy (non-hydrogen) atoms. The van der Waals surface area contributed by atoms with Gasteiger partial charge in [0.05, 0.1) is 36.7 Å². The molecule has 9 aromatic rings. The molecule has 4 aromatic heterocycles. The predicted molar refractivity (Wildman–Crippen MR) is 277 cm³/mol. The van der Waals surface area contributed by atoms with Gasteiger partial charge in [0.1, 0.15) is 5.58 Å². The molecule has 0 N–H and O–H groups in total. The Morgan fingerprint density at radius 2 is 1.42 bits per heavy atom. The summed E-state index contributed by atoms with van der Waals surface area (Å²) in [6, 6.07) is 43.5. The number of aromatic nitrogens is 4. The van der Waals surface area contributed by atoms with E-state index in [0.29, 0.717) is 17.4 Å². The minimum atomic E-state index is -2.12. The van der Waals surface area contributed by atoms with Crippen molar-refractivity contribution in [3.63, 3.8) is 0 Å². The fourth-order valence-corrected chi connectivity index (χ4v) is 10.6. The van der Waals surface area contributed by atoms with Crippen LogP contribution >= 0.6 is 0 Å². The van der Waals surface area contributed by atoms with E-state index in [9.17, 15) is 0 Å². The van der Waals surface area contributed by atoms with Crippen molar-refractivity contribution >= 4 is 46.2 Å². The van der Waals surface area contributed by atoms with Crippen LogP contribution in [-0.4, -0.2) is 27.6 Å². The molecule has 0 fully saturated rings. The molecule has 0 spiro atoms. The first-order valence-electron chi connectivity index (χ1n) is 24.4. The number of hydrogen-bond acceptors (Lipinski definition) is 4. The molecular formula is C59H64IrN4OSi-2. The van der Waals surface area contributed by atoms with Crippen molar-refractivity contribution in [2.45, 2.75) is 118 Å². The van der Waals surface area contributed by atoms with E-state index < -0.39 is 14.9 Å². The first-order valence-corrected chi connectivity index (χ1v) is 26.4. The SMILES string of the molecule is Cc1cc(C(C)C)c(-n2c(-c3[c-]ccc4c3oc3ccccc34)nc3cnc(C(C)(C)C)cc32)c(C(C)C)c1.[2H]C([2H])([2H])c1c[c-]c(-c2cc(C(C)(C)c3ccccc3)c([Si](C)(C)C)cn2)cc1.[Ir].